The lowest BCUT2D eigenvalue weighted by molar-refractivity contribution is -0.00119. The van der Waals surface area contributed by atoms with E-state index in [9.17, 15) is 9.59 Å². The van der Waals surface area contributed by atoms with Crippen molar-refractivity contribution in [3.05, 3.63) is 34.9 Å². The Morgan fingerprint density at radius 2 is 1.48 bits per heavy atom. The number of aromatic nitrogens is 4. The standard InChI is InChI=1S/C19H28N6O2/c1-12-8-22(6)20-15(12)17(26)24-11-19(4,5)25(10-14(24)3)18(27)16-13(2)9-23(7)21-16/h8-9,14H,10-11H2,1-7H3. The fourth-order valence-corrected chi connectivity index (χ4v) is 3.80. The van der Waals surface area contributed by atoms with Crippen LogP contribution in [0.3, 0.4) is 0 Å². The molecule has 1 aliphatic rings. The molecule has 27 heavy (non-hydrogen) atoms. The average molecular weight is 372 g/mol. The monoisotopic (exact) mass is 372 g/mol. The van der Waals surface area contributed by atoms with Crippen LogP contribution >= 0.6 is 0 Å². The molecule has 2 amide bonds. The largest absolute Gasteiger partial charge is 0.330 e. The third-order valence-corrected chi connectivity index (χ3v) is 5.20. The summed E-state index contributed by atoms with van der Waals surface area (Å²) in [6.45, 7) is 10.6. The molecule has 3 rings (SSSR count). The first-order valence-electron chi connectivity index (χ1n) is 9.14. The molecule has 3 heterocycles. The van der Waals surface area contributed by atoms with Crippen molar-refractivity contribution >= 4 is 11.8 Å². The molecule has 2 aromatic rings. The maximum absolute atomic E-state index is 13.1. The highest BCUT2D eigenvalue weighted by Gasteiger charge is 2.43. The minimum absolute atomic E-state index is 0.0882. The summed E-state index contributed by atoms with van der Waals surface area (Å²) in [5.74, 6) is -0.180. The van der Waals surface area contributed by atoms with Gasteiger partial charge in [0.25, 0.3) is 11.8 Å². The van der Waals surface area contributed by atoms with E-state index in [4.69, 9.17) is 0 Å². The minimum Gasteiger partial charge on any atom is -0.330 e. The van der Waals surface area contributed by atoms with Gasteiger partial charge in [-0.15, -0.1) is 0 Å². The van der Waals surface area contributed by atoms with E-state index in [1.54, 1.807) is 9.36 Å². The van der Waals surface area contributed by atoms with Crippen molar-refractivity contribution in [1.82, 2.24) is 29.4 Å². The highest BCUT2D eigenvalue weighted by Crippen LogP contribution is 2.28. The molecule has 0 radical (unpaired) electrons. The Morgan fingerprint density at radius 1 is 1.00 bits per heavy atom. The Balaban J connectivity index is 1.86. The molecule has 0 aromatic carbocycles. The SMILES string of the molecule is Cc1cn(C)nc1C(=O)N1CC(C)(C)N(C(=O)c2nn(C)cc2C)CC1C. The van der Waals surface area contributed by atoms with E-state index >= 15 is 0 Å². The minimum atomic E-state index is -0.508. The van der Waals surface area contributed by atoms with Crippen molar-refractivity contribution in [2.24, 2.45) is 14.1 Å². The highest BCUT2D eigenvalue weighted by molar-refractivity contribution is 5.96. The fourth-order valence-electron chi connectivity index (χ4n) is 3.80. The molecular weight excluding hydrogens is 344 g/mol. The van der Waals surface area contributed by atoms with Crippen LogP contribution in [0, 0.1) is 13.8 Å². The summed E-state index contributed by atoms with van der Waals surface area (Å²) in [5.41, 5.74) is 2.15. The Labute approximate surface area is 159 Å². The quantitative estimate of drug-likeness (QED) is 0.801. The molecule has 0 aliphatic carbocycles. The second kappa shape index (κ2) is 6.51. The van der Waals surface area contributed by atoms with E-state index in [2.05, 4.69) is 10.2 Å². The predicted octanol–water partition coefficient (Wildman–Crippen LogP) is 1.54. The van der Waals surface area contributed by atoms with Crippen LogP contribution in [0.25, 0.3) is 0 Å². The molecule has 0 N–H and O–H groups in total. The predicted molar refractivity (Wildman–Crippen MR) is 102 cm³/mol. The van der Waals surface area contributed by atoms with Crippen LogP contribution in [0.2, 0.25) is 0 Å². The lowest BCUT2D eigenvalue weighted by Crippen LogP contribution is -2.65. The van der Waals surface area contributed by atoms with Gasteiger partial charge in [0.05, 0.1) is 5.54 Å². The van der Waals surface area contributed by atoms with Crippen molar-refractivity contribution in [2.75, 3.05) is 13.1 Å². The lowest BCUT2D eigenvalue weighted by Gasteiger charge is -2.50. The molecule has 2 aromatic heterocycles. The van der Waals surface area contributed by atoms with Gasteiger partial charge >= 0.3 is 0 Å². The fraction of sp³-hybridized carbons (Fsp3) is 0.579. The van der Waals surface area contributed by atoms with Crippen molar-refractivity contribution < 1.29 is 9.59 Å². The summed E-state index contributed by atoms with van der Waals surface area (Å²) >= 11 is 0. The topological polar surface area (TPSA) is 76.3 Å². The zero-order chi connectivity index (χ0) is 20.1. The first-order chi connectivity index (χ1) is 12.5. The van der Waals surface area contributed by atoms with Crippen LogP contribution in [0.4, 0.5) is 0 Å². The van der Waals surface area contributed by atoms with Gasteiger partial charge in [-0.3, -0.25) is 19.0 Å². The maximum atomic E-state index is 13.1. The Kier molecular flexibility index (Phi) is 4.61. The van der Waals surface area contributed by atoms with Crippen molar-refractivity contribution in [3.63, 3.8) is 0 Å². The van der Waals surface area contributed by atoms with Crippen LogP contribution in [-0.2, 0) is 14.1 Å². The van der Waals surface area contributed by atoms with Gasteiger partial charge in [0.15, 0.2) is 11.4 Å². The number of carbonyl (C=O) groups is 2. The second-order valence-electron chi connectivity index (χ2n) is 8.18. The smallest absolute Gasteiger partial charge is 0.275 e. The summed E-state index contributed by atoms with van der Waals surface area (Å²) in [7, 11) is 3.62. The van der Waals surface area contributed by atoms with Gasteiger partial charge < -0.3 is 9.80 Å². The number of amides is 2. The summed E-state index contributed by atoms with van der Waals surface area (Å²) in [5, 5.41) is 8.64. The number of carbonyl (C=O) groups excluding carboxylic acids is 2. The number of hydrogen-bond donors (Lipinski definition) is 0. The molecule has 1 aliphatic heterocycles. The van der Waals surface area contributed by atoms with Crippen molar-refractivity contribution in [2.45, 2.75) is 46.2 Å². The van der Waals surface area contributed by atoms with Crippen molar-refractivity contribution in [3.8, 4) is 0 Å². The molecular formula is C19H28N6O2. The summed E-state index contributed by atoms with van der Waals surface area (Å²) in [6, 6.07) is -0.111. The maximum Gasteiger partial charge on any atom is 0.275 e. The molecule has 146 valence electrons. The normalized spacial score (nSPS) is 19.4. The average Bonchev–Trinajstić information content (AvgIpc) is 3.08. The van der Waals surface area contributed by atoms with E-state index in [1.165, 1.54) is 0 Å². The zero-order valence-electron chi connectivity index (χ0n) is 17.1. The second-order valence-corrected chi connectivity index (χ2v) is 8.18. The Hall–Kier alpha value is -2.64. The summed E-state index contributed by atoms with van der Waals surface area (Å²) in [6.07, 6.45) is 3.68. The van der Waals surface area contributed by atoms with E-state index in [0.29, 0.717) is 24.5 Å². The molecule has 0 saturated carbocycles. The van der Waals surface area contributed by atoms with Gasteiger partial charge in [-0.1, -0.05) is 0 Å². The first-order valence-corrected chi connectivity index (χ1v) is 9.14. The molecule has 1 saturated heterocycles. The van der Waals surface area contributed by atoms with Gasteiger partial charge in [-0.25, -0.2) is 0 Å². The van der Waals surface area contributed by atoms with Crippen LogP contribution in [0.5, 0.6) is 0 Å². The zero-order valence-corrected chi connectivity index (χ0v) is 17.1. The number of piperazine rings is 1. The van der Waals surface area contributed by atoms with Gasteiger partial charge in [-0.05, 0) is 34.6 Å². The first kappa shape index (κ1) is 19.1. The van der Waals surface area contributed by atoms with Gasteiger partial charge in [0.1, 0.15) is 0 Å². The molecule has 8 heteroatoms. The third kappa shape index (κ3) is 3.36. The van der Waals surface area contributed by atoms with Gasteiger partial charge in [0, 0.05) is 56.7 Å². The van der Waals surface area contributed by atoms with Crippen LogP contribution < -0.4 is 0 Å². The van der Waals surface area contributed by atoms with Gasteiger partial charge in [0.2, 0.25) is 0 Å². The third-order valence-electron chi connectivity index (χ3n) is 5.20. The lowest BCUT2D eigenvalue weighted by atomic mass is 9.94. The van der Waals surface area contributed by atoms with E-state index in [1.807, 2.05) is 70.9 Å². The van der Waals surface area contributed by atoms with E-state index < -0.39 is 5.54 Å². The number of nitrogens with zero attached hydrogens (tertiary/aromatic N) is 6. The van der Waals surface area contributed by atoms with Crippen molar-refractivity contribution in [1.29, 1.82) is 0 Å². The summed E-state index contributed by atoms with van der Waals surface area (Å²) < 4.78 is 3.31. The number of rotatable bonds is 2. The summed E-state index contributed by atoms with van der Waals surface area (Å²) in [4.78, 5) is 29.9. The van der Waals surface area contributed by atoms with E-state index in [-0.39, 0.29) is 17.9 Å². The highest BCUT2D eigenvalue weighted by atomic mass is 16.2. The Morgan fingerprint density at radius 3 is 1.93 bits per heavy atom. The molecule has 1 unspecified atom stereocenters. The Bertz CT molecular complexity index is 894. The number of hydrogen-bond acceptors (Lipinski definition) is 4. The molecule has 1 atom stereocenters. The molecule has 0 spiro atoms. The van der Waals surface area contributed by atoms with E-state index in [0.717, 1.165) is 11.1 Å². The molecule has 8 nitrogen and oxygen atoms in total. The van der Waals surface area contributed by atoms with Crippen LogP contribution in [-0.4, -0.2) is 65.8 Å². The molecule has 1 fully saturated rings. The van der Waals surface area contributed by atoms with Gasteiger partial charge in [-0.2, -0.15) is 10.2 Å². The van der Waals surface area contributed by atoms with Crippen LogP contribution in [0.1, 0.15) is 52.9 Å². The molecule has 0 bridgehead atoms. The van der Waals surface area contributed by atoms with Crippen LogP contribution in [0.15, 0.2) is 12.4 Å². The number of aryl methyl sites for hydroxylation is 4.